The lowest BCUT2D eigenvalue weighted by atomic mass is 9.89. The van der Waals surface area contributed by atoms with Crippen LogP contribution in [0.2, 0.25) is 0 Å². The van der Waals surface area contributed by atoms with E-state index in [4.69, 9.17) is 5.11 Å². The molecule has 1 saturated heterocycles. The van der Waals surface area contributed by atoms with Gasteiger partial charge in [-0.25, -0.2) is 17.6 Å². The Bertz CT molecular complexity index is 813. The first-order valence-corrected chi connectivity index (χ1v) is 8.74. The van der Waals surface area contributed by atoms with Gasteiger partial charge in [0.25, 0.3) is 0 Å². The monoisotopic (exact) mass is 423 g/mol. The van der Waals surface area contributed by atoms with Crippen molar-refractivity contribution in [2.75, 3.05) is 13.1 Å². The Morgan fingerprint density at radius 3 is 1.93 bits per heavy atom. The molecule has 1 N–H and O–H groups in total. The normalized spacial score (nSPS) is 22.6. The van der Waals surface area contributed by atoms with E-state index in [2.05, 4.69) is 0 Å². The summed E-state index contributed by atoms with van der Waals surface area (Å²) in [6, 6.07) is 1.40. The first kappa shape index (κ1) is 21.4. The molecule has 0 aliphatic carbocycles. The number of rotatable bonds is 3. The van der Waals surface area contributed by atoms with Crippen molar-refractivity contribution >= 4 is 16.0 Å². The largest absolute Gasteiger partial charge is 0.478 e. The Morgan fingerprint density at radius 1 is 1.04 bits per heavy atom. The maximum Gasteiger partial charge on any atom is 0.393 e. The Morgan fingerprint density at radius 2 is 1.52 bits per heavy atom. The smallest absolute Gasteiger partial charge is 0.393 e. The van der Waals surface area contributed by atoms with E-state index < -0.39 is 76.0 Å². The van der Waals surface area contributed by atoms with Crippen LogP contribution >= 0.6 is 0 Å². The summed E-state index contributed by atoms with van der Waals surface area (Å²) >= 11 is 0. The van der Waals surface area contributed by atoms with E-state index in [-0.39, 0.29) is 4.31 Å². The molecule has 0 bridgehead atoms. The highest BCUT2D eigenvalue weighted by atomic mass is 32.2. The topological polar surface area (TPSA) is 74.7 Å². The van der Waals surface area contributed by atoms with Gasteiger partial charge in [0.15, 0.2) is 0 Å². The van der Waals surface area contributed by atoms with E-state index in [0.29, 0.717) is 18.2 Å². The lowest BCUT2D eigenvalue weighted by Gasteiger charge is -2.38. The number of halogens is 7. The van der Waals surface area contributed by atoms with Gasteiger partial charge in [0.1, 0.15) is 5.82 Å². The zero-order chi connectivity index (χ0) is 20.8. The first-order chi connectivity index (χ1) is 12.1. The van der Waals surface area contributed by atoms with Crippen LogP contribution in [0.25, 0.3) is 0 Å². The third-order valence-electron chi connectivity index (χ3n) is 4.15. The minimum absolute atomic E-state index is 0.00564. The molecular weight excluding hydrogens is 411 g/mol. The van der Waals surface area contributed by atoms with Crippen LogP contribution in [0.15, 0.2) is 23.1 Å². The van der Waals surface area contributed by atoms with E-state index in [9.17, 15) is 43.9 Å². The molecule has 1 aromatic rings. The SMILES string of the molecule is O=C(O)c1cc(S(=O)(=O)N2CC(C(F)(F)F)CC(C(F)(F)F)C2)ccc1F. The molecule has 27 heavy (non-hydrogen) atoms. The minimum Gasteiger partial charge on any atom is -0.478 e. The molecule has 5 nitrogen and oxygen atoms in total. The summed E-state index contributed by atoms with van der Waals surface area (Å²) in [6.07, 6.45) is -11.4. The van der Waals surface area contributed by atoms with Crippen molar-refractivity contribution in [2.24, 2.45) is 11.8 Å². The highest BCUT2D eigenvalue weighted by Crippen LogP contribution is 2.42. The summed E-state index contributed by atoms with van der Waals surface area (Å²) < 4.78 is 116. The number of carboxylic acids is 1. The molecule has 0 aromatic heterocycles. The highest BCUT2D eigenvalue weighted by Gasteiger charge is 2.53. The second-order valence-corrected chi connectivity index (χ2v) is 7.92. The molecular formula is C14H12F7NO4S. The van der Waals surface area contributed by atoms with Gasteiger partial charge in [0.05, 0.1) is 22.3 Å². The molecule has 2 rings (SSSR count). The van der Waals surface area contributed by atoms with Crippen LogP contribution in [0.3, 0.4) is 0 Å². The van der Waals surface area contributed by atoms with Crippen molar-refractivity contribution in [3.63, 3.8) is 0 Å². The van der Waals surface area contributed by atoms with Gasteiger partial charge in [-0.15, -0.1) is 0 Å². The van der Waals surface area contributed by atoms with E-state index in [1.807, 2.05) is 0 Å². The number of carboxylic acid groups (broad SMARTS) is 1. The molecule has 2 atom stereocenters. The number of sulfonamides is 1. The summed E-state index contributed by atoms with van der Waals surface area (Å²) in [5.74, 6) is -8.25. The third kappa shape index (κ3) is 4.51. The number of nitrogens with zero attached hydrogens (tertiary/aromatic N) is 1. The number of aromatic carboxylic acids is 1. The summed E-state index contributed by atoms with van der Waals surface area (Å²) in [7, 11) is -4.92. The van der Waals surface area contributed by atoms with E-state index in [1.165, 1.54) is 0 Å². The van der Waals surface area contributed by atoms with Crippen LogP contribution < -0.4 is 0 Å². The van der Waals surface area contributed by atoms with Crippen LogP contribution in [0, 0.1) is 17.7 Å². The second-order valence-electron chi connectivity index (χ2n) is 5.98. The van der Waals surface area contributed by atoms with Crippen LogP contribution in [-0.4, -0.2) is 49.2 Å². The molecule has 1 aliphatic heterocycles. The van der Waals surface area contributed by atoms with Gasteiger partial charge in [-0.3, -0.25) is 0 Å². The van der Waals surface area contributed by atoms with E-state index in [1.54, 1.807) is 0 Å². The molecule has 2 unspecified atom stereocenters. The standard InChI is InChI=1S/C14H12F7NO4S/c15-11-2-1-9(4-10(11)12(23)24)27(25,26)22-5-7(13(16,17)18)3-8(6-22)14(19,20)21/h1-2,4,7-8H,3,5-6H2,(H,23,24). The quantitative estimate of drug-likeness (QED) is 0.758. The van der Waals surface area contributed by atoms with Crippen molar-refractivity contribution < 1.29 is 49.1 Å². The van der Waals surface area contributed by atoms with Crippen molar-refractivity contribution in [3.05, 3.63) is 29.6 Å². The van der Waals surface area contributed by atoms with E-state index >= 15 is 0 Å². The molecule has 0 radical (unpaired) electrons. The molecule has 0 saturated carbocycles. The maximum absolute atomic E-state index is 13.4. The average molecular weight is 423 g/mol. The fourth-order valence-corrected chi connectivity index (χ4v) is 4.26. The zero-order valence-corrected chi connectivity index (χ0v) is 14.0. The van der Waals surface area contributed by atoms with Gasteiger partial charge in [0, 0.05) is 13.1 Å². The molecule has 1 aromatic carbocycles. The number of alkyl halides is 6. The summed E-state index contributed by atoms with van der Waals surface area (Å²) in [4.78, 5) is 9.99. The minimum atomic E-state index is -5.06. The van der Waals surface area contributed by atoms with Gasteiger partial charge in [-0.2, -0.15) is 30.6 Å². The van der Waals surface area contributed by atoms with E-state index in [0.717, 1.165) is 0 Å². The predicted octanol–water partition coefficient (Wildman–Crippen LogP) is 3.28. The Hall–Kier alpha value is -1.89. The number of benzene rings is 1. The Kier molecular flexibility index (Phi) is 5.49. The molecule has 13 heteroatoms. The Labute approximate surface area is 148 Å². The van der Waals surface area contributed by atoms with Gasteiger partial charge >= 0.3 is 18.3 Å². The van der Waals surface area contributed by atoms with Crippen molar-refractivity contribution in [2.45, 2.75) is 23.7 Å². The number of carbonyl (C=O) groups is 1. The van der Waals surface area contributed by atoms with Crippen LogP contribution in [0.1, 0.15) is 16.8 Å². The van der Waals surface area contributed by atoms with Gasteiger partial charge in [0.2, 0.25) is 10.0 Å². The third-order valence-corrected chi connectivity index (χ3v) is 5.98. The summed E-state index contributed by atoms with van der Waals surface area (Å²) in [5, 5.41) is 8.82. The molecule has 1 fully saturated rings. The summed E-state index contributed by atoms with van der Waals surface area (Å²) in [5.41, 5.74) is -1.08. The van der Waals surface area contributed by atoms with Gasteiger partial charge < -0.3 is 5.11 Å². The molecule has 1 heterocycles. The second kappa shape index (κ2) is 6.93. The highest BCUT2D eigenvalue weighted by molar-refractivity contribution is 7.89. The average Bonchev–Trinajstić information content (AvgIpc) is 2.52. The number of hydrogen-bond donors (Lipinski definition) is 1. The number of hydrogen-bond acceptors (Lipinski definition) is 3. The van der Waals surface area contributed by atoms with Crippen molar-refractivity contribution in [1.29, 1.82) is 0 Å². The molecule has 1 aliphatic rings. The first-order valence-electron chi connectivity index (χ1n) is 7.30. The van der Waals surface area contributed by atoms with Gasteiger partial charge in [-0.1, -0.05) is 0 Å². The Balaban J connectivity index is 2.47. The molecule has 0 amide bonds. The predicted molar refractivity (Wildman–Crippen MR) is 75.8 cm³/mol. The molecule has 152 valence electrons. The van der Waals surface area contributed by atoms with Crippen LogP contribution in [0.4, 0.5) is 30.7 Å². The number of piperidine rings is 1. The van der Waals surface area contributed by atoms with Gasteiger partial charge in [-0.05, 0) is 24.6 Å². The van der Waals surface area contributed by atoms with Crippen molar-refractivity contribution in [1.82, 2.24) is 4.31 Å². The fraction of sp³-hybridized carbons (Fsp3) is 0.500. The maximum atomic E-state index is 13.4. The van der Waals surface area contributed by atoms with Crippen molar-refractivity contribution in [3.8, 4) is 0 Å². The summed E-state index contributed by atoms with van der Waals surface area (Å²) in [6.45, 7) is -2.50. The lowest BCUT2D eigenvalue weighted by Crippen LogP contribution is -2.51. The molecule has 0 spiro atoms. The van der Waals surface area contributed by atoms with Crippen LogP contribution in [0.5, 0.6) is 0 Å². The zero-order valence-electron chi connectivity index (χ0n) is 13.2. The fourth-order valence-electron chi connectivity index (χ4n) is 2.71. The lowest BCUT2D eigenvalue weighted by molar-refractivity contribution is -0.224. The van der Waals surface area contributed by atoms with Crippen LogP contribution in [-0.2, 0) is 10.0 Å².